The van der Waals surface area contributed by atoms with E-state index in [4.69, 9.17) is 5.26 Å². The van der Waals surface area contributed by atoms with Gasteiger partial charge in [0.2, 0.25) is 0 Å². The average molecular weight is 239 g/mol. The number of pyridine rings is 1. The Morgan fingerprint density at radius 3 is 2.67 bits per heavy atom. The molecule has 1 aliphatic heterocycles. The van der Waals surface area contributed by atoms with Crippen LogP contribution in [0.15, 0.2) is 36.5 Å². The van der Waals surface area contributed by atoms with Crippen molar-refractivity contribution in [1.29, 1.82) is 5.26 Å². The van der Waals surface area contributed by atoms with E-state index in [2.05, 4.69) is 11.2 Å². The van der Waals surface area contributed by atoms with Crippen LogP contribution in [0.1, 0.15) is 11.3 Å². The van der Waals surface area contributed by atoms with Gasteiger partial charge < -0.3 is 4.90 Å². The molecule has 0 saturated heterocycles. The molecule has 3 nitrogen and oxygen atoms in total. The highest BCUT2D eigenvalue weighted by molar-refractivity contribution is 5.68. The van der Waals surface area contributed by atoms with Crippen LogP contribution in [0, 0.1) is 17.3 Å². The maximum Gasteiger partial charge on any atom is 0.180 e. The molecule has 0 radical (unpaired) electrons. The molecule has 2 aromatic rings. The Balaban J connectivity index is 2.08. The molecule has 0 fully saturated rings. The molecule has 1 aromatic heterocycles. The summed E-state index contributed by atoms with van der Waals surface area (Å²) in [6, 6.07) is 8.30. The number of hydrogen-bond donors (Lipinski definition) is 0. The third-order valence-corrected chi connectivity index (χ3v) is 3.13. The van der Waals surface area contributed by atoms with Gasteiger partial charge in [-0.1, -0.05) is 12.1 Å². The summed E-state index contributed by atoms with van der Waals surface area (Å²) in [7, 11) is 0. The van der Waals surface area contributed by atoms with Gasteiger partial charge in [0.05, 0.1) is 18.8 Å². The van der Waals surface area contributed by atoms with Gasteiger partial charge >= 0.3 is 0 Å². The first kappa shape index (κ1) is 10.7. The van der Waals surface area contributed by atoms with Crippen LogP contribution in [-0.4, -0.2) is 9.88 Å². The molecule has 0 spiro atoms. The van der Waals surface area contributed by atoms with Crippen molar-refractivity contribution in [2.45, 2.75) is 13.1 Å². The van der Waals surface area contributed by atoms with Crippen LogP contribution in [-0.2, 0) is 13.1 Å². The Morgan fingerprint density at radius 2 is 1.94 bits per heavy atom. The van der Waals surface area contributed by atoms with Gasteiger partial charge in [-0.25, -0.2) is 4.39 Å². The number of hydrogen-bond acceptors (Lipinski definition) is 3. The summed E-state index contributed by atoms with van der Waals surface area (Å²) < 4.78 is 12.9. The van der Waals surface area contributed by atoms with Crippen LogP contribution in [0.2, 0.25) is 0 Å². The highest BCUT2D eigenvalue weighted by Gasteiger charge is 2.22. The van der Waals surface area contributed by atoms with Gasteiger partial charge in [0.15, 0.2) is 6.19 Å². The predicted octanol–water partition coefficient (Wildman–Crippen LogP) is 2.68. The zero-order valence-corrected chi connectivity index (χ0v) is 9.60. The highest BCUT2D eigenvalue weighted by Crippen LogP contribution is 2.30. The van der Waals surface area contributed by atoms with E-state index in [9.17, 15) is 4.39 Å². The Bertz CT molecular complexity index is 628. The Hall–Kier alpha value is -2.41. The van der Waals surface area contributed by atoms with Gasteiger partial charge in [0.1, 0.15) is 5.82 Å². The highest BCUT2D eigenvalue weighted by atomic mass is 19.1. The third kappa shape index (κ3) is 1.70. The van der Waals surface area contributed by atoms with Crippen molar-refractivity contribution in [3.8, 4) is 17.3 Å². The van der Waals surface area contributed by atoms with E-state index in [1.807, 2.05) is 6.07 Å². The van der Waals surface area contributed by atoms with E-state index in [0.29, 0.717) is 13.1 Å². The first-order valence-electron chi connectivity index (χ1n) is 5.65. The molecule has 0 aliphatic carbocycles. The van der Waals surface area contributed by atoms with Gasteiger partial charge in [0.25, 0.3) is 0 Å². The number of benzene rings is 1. The number of fused-ring (bicyclic) bond motifs is 1. The Kier molecular flexibility index (Phi) is 2.45. The van der Waals surface area contributed by atoms with Gasteiger partial charge in [-0.05, 0) is 29.3 Å². The molecule has 0 N–H and O–H groups in total. The van der Waals surface area contributed by atoms with E-state index >= 15 is 0 Å². The molecule has 88 valence electrons. The Labute approximate surface area is 104 Å². The number of rotatable bonds is 1. The van der Waals surface area contributed by atoms with Crippen molar-refractivity contribution in [1.82, 2.24) is 9.88 Å². The second-order valence-corrected chi connectivity index (χ2v) is 4.25. The summed E-state index contributed by atoms with van der Waals surface area (Å²) in [6.45, 7) is 1.13. The third-order valence-electron chi connectivity index (χ3n) is 3.13. The average Bonchev–Trinajstić information content (AvgIpc) is 2.82. The molecule has 3 rings (SSSR count). The second kappa shape index (κ2) is 4.11. The van der Waals surface area contributed by atoms with Crippen LogP contribution in [0.3, 0.4) is 0 Å². The number of nitrogens with zero attached hydrogens (tertiary/aromatic N) is 3. The topological polar surface area (TPSA) is 39.9 Å². The fourth-order valence-corrected chi connectivity index (χ4v) is 2.25. The van der Waals surface area contributed by atoms with Crippen LogP contribution in [0.4, 0.5) is 4.39 Å². The number of halogens is 1. The lowest BCUT2D eigenvalue weighted by atomic mass is 10.0. The fourth-order valence-electron chi connectivity index (χ4n) is 2.25. The van der Waals surface area contributed by atoms with Crippen molar-refractivity contribution in [3.63, 3.8) is 0 Å². The lowest BCUT2D eigenvalue weighted by Gasteiger charge is -2.07. The molecule has 1 aliphatic rings. The maximum atomic E-state index is 12.9. The summed E-state index contributed by atoms with van der Waals surface area (Å²) in [5.41, 5.74) is 3.97. The molecule has 0 unspecified atom stereocenters. The number of aromatic nitrogens is 1. The molecular weight excluding hydrogens is 229 g/mol. The zero-order valence-electron chi connectivity index (χ0n) is 9.60. The van der Waals surface area contributed by atoms with Crippen molar-refractivity contribution in [2.24, 2.45) is 0 Å². The maximum absolute atomic E-state index is 12.9. The second-order valence-electron chi connectivity index (χ2n) is 4.25. The molecule has 0 saturated carbocycles. The minimum Gasteiger partial charge on any atom is -0.300 e. The summed E-state index contributed by atoms with van der Waals surface area (Å²) in [6.07, 6.45) is 3.87. The summed E-state index contributed by atoms with van der Waals surface area (Å²) >= 11 is 0. The van der Waals surface area contributed by atoms with Crippen LogP contribution in [0.5, 0.6) is 0 Å². The van der Waals surface area contributed by atoms with Crippen molar-refractivity contribution in [2.75, 3.05) is 0 Å². The molecular formula is C14H10FN3. The first-order chi connectivity index (χ1) is 8.78. The largest absolute Gasteiger partial charge is 0.300 e. The van der Waals surface area contributed by atoms with Gasteiger partial charge in [-0.2, -0.15) is 5.26 Å². The fraction of sp³-hybridized carbons (Fsp3) is 0.143. The zero-order chi connectivity index (χ0) is 12.5. The molecule has 0 amide bonds. The van der Waals surface area contributed by atoms with Gasteiger partial charge in [-0.15, -0.1) is 0 Å². The summed E-state index contributed by atoms with van der Waals surface area (Å²) in [5, 5.41) is 8.93. The standard InChI is InChI=1S/C14H10FN3/c15-11-3-1-10(2-4-11)12-5-6-17-14-8-18(9-16)7-13(12)14/h1-6H,7-8H2. The van der Waals surface area contributed by atoms with Crippen molar-refractivity contribution >= 4 is 0 Å². The Morgan fingerprint density at radius 1 is 1.17 bits per heavy atom. The van der Waals surface area contributed by atoms with Gasteiger partial charge in [0, 0.05) is 11.8 Å². The SMILES string of the molecule is N#CN1Cc2nccc(-c3ccc(F)cc3)c2C1. The lowest BCUT2D eigenvalue weighted by molar-refractivity contribution is 0.415. The van der Waals surface area contributed by atoms with Crippen LogP contribution in [0.25, 0.3) is 11.1 Å². The van der Waals surface area contributed by atoms with E-state index in [1.165, 1.54) is 12.1 Å². The summed E-state index contributed by atoms with van der Waals surface area (Å²) in [5.74, 6) is -0.247. The van der Waals surface area contributed by atoms with Crippen molar-refractivity contribution in [3.05, 3.63) is 53.6 Å². The smallest absolute Gasteiger partial charge is 0.180 e. The lowest BCUT2D eigenvalue weighted by Crippen LogP contribution is -2.07. The van der Waals surface area contributed by atoms with E-state index < -0.39 is 0 Å². The molecule has 4 heteroatoms. The molecule has 0 bridgehead atoms. The minimum absolute atomic E-state index is 0.247. The monoisotopic (exact) mass is 239 g/mol. The molecule has 2 heterocycles. The van der Waals surface area contributed by atoms with E-state index in [0.717, 1.165) is 22.4 Å². The molecule has 1 aromatic carbocycles. The molecule has 18 heavy (non-hydrogen) atoms. The summed E-state index contributed by atoms with van der Waals surface area (Å²) in [4.78, 5) is 5.95. The minimum atomic E-state index is -0.247. The van der Waals surface area contributed by atoms with Crippen LogP contribution >= 0.6 is 0 Å². The van der Waals surface area contributed by atoms with E-state index in [-0.39, 0.29) is 5.82 Å². The van der Waals surface area contributed by atoms with E-state index in [1.54, 1.807) is 23.2 Å². The van der Waals surface area contributed by atoms with Gasteiger partial charge in [-0.3, -0.25) is 4.98 Å². The van der Waals surface area contributed by atoms with Crippen LogP contribution < -0.4 is 0 Å². The predicted molar refractivity (Wildman–Crippen MR) is 64.5 cm³/mol. The van der Waals surface area contributed by atoms with Crippen molar-refractivity contribution < 1.29 is 4.39 Å². The quantitative estimate of drug-likeness (QED) is 0.718. The number of nitriles is 1. The molecule has 0 atom stereocenters. The first-order valence-corrected chi connectivity index (χ1v) is 5.65. The normalized spacial score (nSPS) is 13.2.